The number of aliphatic hydroxyl groups excluding tert-OH is 1. The van der Waals surface area contributed by atoms with Gasteiger partial charge in [-0.1, -0.05) is 18.2 Å². The number of nitro benzene ring substituents is 1. The molecule has 2 aromatic carbocycles. The minimum absolute atomic E-state index is 0.0145. The molecule has 2 rings (SSSR count). The van der Waals surface area contributed by atoms with Crippen LogP contribution in [0.5, 0.6) is 0 Å². The highest BCUT2D eigenvalue weighted by atomic mass is 32.1. The largest absolute Gasteiger partial charge is 0.394 e. The number of non-ortho nitro benzene ring substituents is 1. The third-order valence-corrected chi connectivity index (χ3v) is 3.33. The molecule has 0 heterocycles. The minimum Gasteiger partial charge on any atom is -0.394 e. The van der Waals surface area contributed by atoms with E-state index in [4.69, 9.17) is 17.3 Å². The number of rotatable bonds is 6. The first-order chi connectivity index (χ1) is 11.6. The maximum atomic E-state index is 10.6. The SMILES string of the molecule is O=[N+]([O-])c1ccc(/C=N/N(CCO)C(=S)Nc2ccccc2)cc1. The number of nitro groups is 1. The van der Waals surface area contributed by atoms with Crippen LogP contribution < -0.4 is 5.32 Å². The zero-order valence-electron chi connectivity index (χ0n) is 12.7. The van der Waals surface area contributed by atoms with Gasteiger partial charge in [0.15, 0.2) is 5.11 Å². The molecule has 0 radical (unpaired) electrons. The molecule has 0 saturated carbocycles. The molecule has 0 fully saturated rings. The molecule has 0 aliphatic carbocycles. The number of nitrogens with one attached hydrogen (secondary N) is 1. The molecule has 124 valence electrons. The zero-order chi connectivity index (χ0) is 17.4. The number of hydrazone groups is 1. The monoisotopic (exact) mass is 344 g/mol. The number of aliphatic hydroxyl groups is 1. The Morgan fingerprint density at radius 3 is 2.50 bits per heavy atom. The van der Waals surface area contributed by atoms with Crippen molar-refractivity contribution in [3.63, 3.8) is 0 Å². The van der Waals surface area contributed by atoms with Crippen molar-refractivity contribution in [2.45, 2.75) is 0 Å². The van der Waals surface area contributed by atoms with Crippen LogP contribution in [0.3, 0.4) is 0 Å². The fourth-order valence-corrected chi connectivity index (χ4v) is 2.09. The summed E-state index contributed by atoms with van der Waals surface area (Å²) in [7, 11) is 0. The van der Waals surface area contributed by atoms with Gasteiger partial charge < -0.3 is 10.4 Å². The molecule has 0 atom stereocenters. The van der Waals surface area contributed by atoms with Gasteiger partial charge in [0.05, 0.1) is 24.3 Å². The number of hydrogen-bond donors (Lipinski definition) is 2. The van der Waals surface area contributed by atoms with Crippen LogP contribution >= 0.6 is 12.2 Å². The van der Waals surface area contributed by atoms with E-state index >= 15 is 0 Å². The molecular formula is C16H16N4O3S. The molecule has 2 aromatic rings. The molecule has 0 saturated heterocycles. The number of benzene rings is 2. The number of para-hydroxylation sites is 1. The number of hydrogen-bond acceptors (Lipinski definition) is 5. The van der Waals surface area contributed by atoms with Crippen LogP contribution in [0, 0.1) is 10.1 Å². The van der Waals surface area contributed by atoms with Crippen molar-refractivity contribution in [1.29, 1.82) is 0 Å². The van der Waals surface area contributed by atoms with E-state index in [-0.39, 0.29) is 18.8 Å². The highest BCUT2D eigenvalue weighted by Gasteiger charge is 2.08. The van der Waals surface area contributed by atoms with Gasteiger partial charge in [-0.25, -0.2) is 5.01 Å². The summed E-state index contributed by atoms with van der Waals surface area (Å²) in [5.74, 6) is 0. The first-order valence-electron chi connectivity index (χ1n) is 7.13. The van der Waals surface area contributed by atoms with E-state index in [0.717, 1.165) is 5.69 Å². The normalized spacial score (nSPS) is 10.5. The summed E-state index contributed by atoms with van der Waals surface area (Å²) in [6, 6.07) is 15.4. The Bertz CT molecular complexity index is 720. The van der Waals surface area contributed by atoms with Gasteiger partial charge in [-0.15, -0.1) is 0 Å². The van der Waals surface area contributed by atoms with Gasteiger partial charge in [0, 0.05) is 17.8 Å². The van der Waals surface area contributed by atoms with Crippen LogP contribution in [-0.4, -0.2) is 39.5 Å². The van der Waals surface area contributed by atoms with E-state index in [1.807, 2.05) is 30.3 Å². The highest BCUT2D eigenvalue weighted by Crippen LogP contribution is 2.11. The lowest BCUT2D eigenvalue weighted by molar-refractivity contribution is -0.384. The smallest absolute Gasteiger partial charge is 0.269 e. The average molecular weight is 344 g/mol. The first-order valence-corrected chi connectivity index (χ1v) is 7.54. The second-order valence-electron chi connectivity index (χ2n) is 4.74. The summed E-state index contributed by atoms with van der Waals surface area (Å²) in [6.45, 7) is 0.107. The van der Waals surface area contributed by atoms with Crippen molar-refractivity contribution in [3.05, 3.63) is 70.3 Å². The second-order valence-corrected chi connectivity index (χ2v) is 5.12. The minimum atomic E-state index is -0.460. The van der Waals surface area contributed by atoms with Crippen LogP contribution in [0.1, 0.15) is 5.56 Å². The average Bonchev–Trinajstić information content (AvgIpc) is 2.59. The van der Waals surface area contributed by atoms with E-state index in [2.05, 4.69) is 10.4 Å². The molecule has 0 aliphatic heterocycles. The lowest BCUT2D eigenvalue weighted by Gasteiger charge is -2.19. The van der Waals surface area contributed by atoms with Crippen molar-refractivity contribution in [1.82, 2.24) is 5.01 Å². The predicted octanol–water partition coefficient (Wildman–Crippen LogP) is 2.62. The third-order valence-electron chi connectivity index (χ3n) is 3.02. The van der Waals surface area contributed by atoms with E-state index in [0.29, 0.717) is 10.7 Å². The fraction of sp³-hybridized carbons (Fsp3) is 0.125. The third kappa shape index (κ3) is 5.11. The topological polar surface area (TPSA) is 91.0 Å². The fourth-order valence-electron chi connectivity index (χ4n) is 1.83. The van der Waals surface area contributed by atoms with Gasteiger partial charge in [-0.05, 0) is 42.0 Å². The number of anilines is 1. The molecule has 2 N–H and O–H groups in total. The van der Waals surface area contributed by atoms with Gasteiger partial charge in [-0.2, -0.15) is 5.10 Å². The van der Waals surface area contributed by atoms with Gasteiger partial charge in [0.2, 0.25) is 0 Å². The lowest BCUT2D eigenvalue weighted by Crippen LogP contribution is -2.32. The molecule has 0 aliphatic rings. The molecular weight excluding hydrogens is 328 g/mol. The summed E-state index contributed by atoms with van der Waals surface area (Å²) in [5.41, 5.74) is 1.52. The maximum Gasteiger partial charge on any atom is 0.269 e. The van der Waals surface area contributed by atoms with Crippen molar-refractivity contribution < 1.29 is 10.0 Å². The van der Waals surface area contributed by atoms with Gasteiger partial charge in [0.1, 0.15) is 0 Å². The van der Waals surface area contributed by atoms with Crippen LogP contribution in [0.15, 0.2) is 59.7 Å². The van der Waals surface area contributed by atoms with Crippen LogP contribution in [0.4, 0.5) is 11.4 Å². The van der Waals surface area contributed by atoms with E-state index in [1.165, 1.54) is 23.4 Å². The first kappa shape index (κ1) is 17.5. The maximum absolute atomic E-state index is 10.6. The Balaban J connectivity index is 2.06. The number of nitrogens with zero attached hydrogens (tertiary/aromatic N) is 3. The van der Waals surface area contributed by atoms with Crippen molar-refractivity contribution in [2.24, 2.45) is 5.10 Å². The molecule has 0 amide bonds. The second kappa shape index (κ2) is 8.70. The summed E-state index contributed by atoms with van der Waals surface area (Å²) >= 11 is 5.29. The van der Waals surface area contributed by atoms with Gasteiger partial charge >= 0.3 is 0 Å². The zero-order valence-corrected chi connectivity index (χ0v) is 13.5. The molecule has 0 aromatic heterocycles. The molecule has 0 bridgehead atoms. The van der Waals surface area contributed by atoms with Crippen molar-refractivity contribution >= 4 is 34.9 Å². The Morgan fingerprint density at radius 1 is 1.25 bits per heavy atom. The van der Waals surface area contributed by atoms with Crippen LogP contribution in [-0.2, 0) is 0 Å². The van der Waals surface area contributed by atoms with E-state index in [9.17, 15) is 10.1 Å². The molecule has 7 nitrogen and oxygen atoms in total. The summed E-state index contributed by atoms with van der Waals surface area (Å²) in [6.07, 6.45) is 1.53. The Labute approximate surface area is 144 Å². The molecule has 0 spiro atoms. The number of thiocarbonyl (C=S) groups is 1. The molecule has 8 heteroatoms. The van der Waals surface area contributed by atoms with E-state index in [1.54, 1.807) is 12.1 Å². The van der Waals surface area contributed by atoms with Crippen molar-refractivity contribution in [3.8, 4) is 0 Å². The van der Waals surface area contributed by atoms with Gasteiger partial charge in [0.25, 0.3) is 5.69 Å². The summed E-state index contributed by atoms with van der Waals surface area (Å²) in [5, 5.41) is 28.9. The van der Waals surface area contributed by atoms with E-state index < -0.39 is 4.92 Å². The lowest BCUT2D eigenvalue weighted by atomic mass is 10.2. The van der Waals surface area contributed by atoms with Crippen molar-refractivity contribution in [2.75, 3.05) is 18.5 Å². The molecule has 0 unspecified atom stereocenters. The standard InChI is InChI=1S/C16H16N4O3S/c21-11-10-19(16(24)18-14-4-2-1-3-5-14)17-12-13-6-8-15(9-7-13)20(22)23/h1-9,12,21H,10-11H2,(H,18,24)/b17-12+. The Hall–Kier alpha value is -2.84. The highest BCUT2D eigenvalue weighted by molar-refractivity contribution is 7.80. The van der Waals surface area contributed by atoms with Crippen LogP contribution in [0.2, 0.25) is 0 Å². The summed E-state index contributed by atoms with van der Waals surface area (Å²) < 4.78 is 0. The predicted molar refractivity (Wildman–Crippen MR) is 97.1 cm³/mol. The van der Waals surface area contributed by atoms with Gasteiger partial charge in [-0.3, -0.25) is 10.1 Å². The quantitative estimate of drug-likeness (QED) is 0.362. The summed E-state index contributed by atoms with van der Waals surface area (Å²) in [4.78, 5) is 10.2. The van der Waals surface area contributed by atoms with Crippen LogP contribution in [0.25, 0.3) is 0 Å². The molecule has 24 heavy (non-hydrogen) atoms. The Morgan fingerprint density at radius 2 is 1.92 bits per heavy atom. The Kier molecular flexibility index (Phi) is 6.35.